The van der Waals surface area contributed by atoms with E-state index in [1.807, 2.05) is 0 Å². The van der Waals surface area contributed by atoms with Gasteiger partial charge in [-0.05, 0) is 55.9 Å². The first-order chi connectivity index (χ1) is 8.74. The smallest absolute Gasteiger partial charge is 0.00201 e. The van der Waals surface area contributed by atoms with Gasteiger partial charge in [0.15, 0.2) is 0 Å². The van der Waals surface area contributed by atoms with Crippen LogP contribution in [-0.4, -0.2) is 26.2 Å². The van der Waals surface area contributed by atoms with Gasteiger partial charge in [-0.3, -0.25) is 0 Å². The van der Waals surface area contributed by atoms with Gasteiger partial charge in [0.25, 0.3) is 0 Å². The molecular weight excluding hydrogens is 220 g/mol. The van der Waals surface area contributed by atoms with E-state index in [9.17, 15) is 0 Å². The van der Waals surface area contributed by atoms with Crippen LogP contribution in [0.5, 0.6) is 0 Å². The van der Waals surface area contributed by atoms with E-state index in [0.29, 0.717) is 10.8 Å². The molecule has 0 bridgehead atoms. The van der Waals surface area contributed by atoms with E-state index in [4.69, 9.17) is 0 Å². The van der Waals surface area contributed by atoms with Crippen molar-refractivity contribution in [2.24, 2.45) is 10.8 Å². The highest BCUT2D eigenvalue weighted by Crippen LogP contribution is 2.40. The van der Waals surface area contributed by atoms with Gasteiger partial charge in [0, 0.05) is 19.6 Å². The van der Waals surface area contributed by atoms with Crippen LogP contribution >= 0.6 is 0 Å². The van der Waals surface area contributed by atoms with Crippen LogP contribution in [0.2, 0.25) is 0 Å². The second kappa shape index (κ2) is 6.38. The fourth-order valence-electron chi connectivity index (χ4n) is 3.98. The summed E-state index contributed by atoms with van der Waals surface area (Å²) in [6.45, 7) is 9.66. The highest BCUT2D eigenvalue weighted by Gasteiger charge is 2.34. The molecule has 2 nitrogen and oxygen atoms in total. The molecule has 1 saturated heterocycles. The fourth-order valence-corrected chi connectivity index (χ4v) is 3.98. The third-order valence-electron chi connectivity index (χ3n) is 5.72. The van der Waals surface area contributed by atoms with E-state index in [-0.39, 0.29) is 0 Å². The maximum Gasteiger partial charge on any atom is 0.00201 e. The van der Waals surface area contributed by atoms with Crippen LogP contribution in [0.15, 0.2) is 0 Å². The Balaban J connectivity index is 1.79. The van der Waals surface area contributed by atoms with E-state index in [2.05, 4.69) is 24.5 Å². The van der Waals surface area contributed by atoms with Gasteiger partial charge in [-0.1, -0.05) is 26.7 Å². The summed E-state index contributed by atoms with van der Waals surface area (Å²) in [5, 5.41) is 7.43. The molecule has 1 unspecified atom stereocenters. The van der Waals surface area contributed by atoms with Crippen LogP contribution in [0.25, 0.3) is 0 Å². The molecule has 2 rings (SSSR count). The van der Waals surface area contributed by atoms with Crippen LogP contribution in [0.1, 0.15) is 65.2 Å². The molecule has 0 spiro atoms. The molecule has 1 heterocycles. The van der Waals surface area contributed by atoms with Crippen molar-refractivity contribution >= 4 is 0 Å². The average Bonchev–Trinajstić information content (AvgIpc) is 2.89. The van der Waals surface area contributed by atoms with E-state index >= 15 is 0 Å². The first-order valence-corrected chi connectivity index (χ1v) is 8.16. The summed E-state index contributed by atoms with van der Waals surface area (Å²) < 4.78 is 0. The SMILES string of the molecule is CCC1(CNCC2(CC)CCCNC2)CCCC1. The lowest BCUT2D eigenvalue weighted by molar-refractivity contribution is 0.175. The Morgan fingerprint density at radius 3 is 2.06 bits per heavy atom. The molecule has 18 heavy (non-hydrogen) atoms. The third kappa shape index (κ3) is 3.27. The van der Waals surface area contributed by atoms with Crippen molar-refractivity contribution in [3.63, 3.8) is 0 Å². The molecule has 0 aromatic carbocycles. The van der Waals surface area contributed by atoms with E-state index < -0.39 is 0 Å². The first kappa shape index (κ1) is 14.3. The van der Waals surface area contributed by atoms with Gasteiger partial charge in [0.05, 0.1) is 0 Å². The molecule has 0 radical (unpaired) electrons. The van der Waals surface area contributed by atoms with Crippen molar-refractivity contribution in [1.82, 2.24) is 10.6 Å². The van der Waals surface area contributed by atoms with Crippen molar-refractivity contribution in [2.75, 3.05) is 26.2 Å². The van der Waals surface area contributed by atoms with Crippen molar-refractivity contribution in [3.05, 3.63) is 0 Å². The summed E-state index contributed by atoms with van der Waals surface area (Å²) in [5.74, 6) is 0. The lowest BCUT2D eigenvalue weighted by Gasteiger charge is -2.38. The Hall–Kier alpha value is -0.0800. The highest BCUT2D eigenvalue weighted by molar-refractivity contribution is 4.89. The van der Waals surface area contributed by atoms with Crippen LogP contribution in [0.3, 0.4) is 0 Å². The summed E-state index contributed by atoms with van der Waals surface area (Å²) in [7, 11) is 0. The Morgan fingerprint density at radius 2 is 1.50 bits per heavy atom. The zero-order valence-corrected chi connectivity index (χ0v) is 12.5. The van der Waals surface area contributed by atoms with Gasteiger partial charge in [0.1, 0.15) is 0 Å². The van der Waals surface area contributed by atoms with Crippen molar-refractivity contribution in [2.45, 2.75) is 65.2 Å². The molecule has 1 aliphatic heterocycles. The Labute approximate surface area is 113 Å². The van der Waals surface area contributed by atoms with Crippen molar-refractivity contribution < 1.29 is 0 Å². The second-order valence-corrected chi connectivity index (χ2v) is 6.80. The predicted molar refractivity (Wildman–Crippen MR) is 78.9 cm³/mol. The molecule has 2 N–H and O–H groups in total. The molecule has 1 saturated carbocycles. The van der Waals surface area contributed by atoms with Gasteiger partial charge in [-0.15, -0.1) is 0 Å². The van der Waals surface area contributed by atoms with Crippen LogP contribution in [0, 0.1) is 10.8 Å². The monoisotopic (exact) mass is 252 g/mol. The standard InChI is InChI=1S/C16H32N2/c1-3-15(8-5-6-9-15)12-18-14-16(4-2)10-7-11-17-13-16/h17-18H,3-14H2,1-2H3. The summed E-state index contributed by atoms with van der Waals surface area (Å²) >= 11 is 0. The van der Waals surface area contributed by atoms with Gasteiger partial charge in [0.2, 0.25) is 0 Å². The largest absolute Gasteiger partial charge is 0.316 e. The molecule has 2 heteroatoms. The lowest BCUT2D eigenvalue weighted by Crippen LogP contribution is -2.47. The van der Waals surface area contributed by atoms with Gasteiger partial charge < -0.3 is 10.6 Å². The number of piperidine rings is 1. The minimum absolute atomic E-state index is 0.534. The molecule has 106 valence electrons. The van der Waals surface area contributed by atoms with Gasteiger partial charge >= 0.3 is 0 Å². The number of hydrogen-bond donors (Lipinski definition) is 2. The summed E-state index contributed by atoms with van der Waals surface area (Å²) in [4.78, 5) is 0. The molecule has 2 fully saturated rings. The summed E-state index contributed by atoms with van der Waals surface area (Å²) in [6, 6.07) is 0. The zero-order valence-electron chi connectivity index (χ0n) is 12.5. The maximum atomic E-state index is 3.84. The fraction of sp³-hybridized carbons (Fsp3) is 1.00. The number of hydrogen-bond acceptors (Lipinski definition) is 2. The maximum absolute atomic E-state index is 3.84. The molecule has 0 amide bonds. The molecule has 1 atom stereocenters. The second-order valence-electron chi connectivity index (χ2n) is 6.80. The van der Waals surface area contributed by atoms with Crippen molar-refractivity contribution in [1.29, 1.82) is 0 Å². The Kier molecular flexibility index (Phi) is 5.08. The third-order valence-corrected chi connectivity index (χ3v) is 5.72. The summed E-state index contributed by atoms with van der Waals surface area (Å²) in [5.41, 5.74) is 1.17. The van der Waals surface area contributed by atoms with Crippen LogP contribution in [0.4, 0.5) is 0 Å². The van der Waals surface area contributed by atoms with Gasteiger partial charge in [-0.2, -0.15) is 0 Å². The minimum atomic E-state index is 0.534. The van der Waals surface area contributed by atoms with Gasteiger partial charge in [-0.25, -0.2) is 0 Å². The highest BCUT2D eigenvalue weighted by atomic mass is 14.9. The van der Waals surface area contributed by atoms with Crippen LogP contribution in [-0.2, 0) is 0 Å². The molecule has 2 aliphatic rings. The molecular formula is C16H32N2. The molecule has 0 aromatic rings. The van der Waals surface area contributed by atoms with E-state index in [0.717, 1.165) is 0 Å². The predicted octanol–water partition coefficient (Wildman–Crippen LogP) is 3.33. The zero-order chi connectivity index (χ0) is 12.9. The molecule has 0 aromatic heterocycles. The van der Waals surface area contributed by atoms with E-state index in [1.54, 1.807) is 0 Å². The minimum Gasteiger partial charge on any atom is -0.316 e. The average molecular weight is 252 g/mol. The topological polar surface area (TPSA) is 24.1 Å². The Bertz CT molecular complexity index is 237. The number of rotatable bonds is 6. The van der Waals surface area contributed by atoms with Crippen LogP contribution < -0.4 is 10.6 Å². The molecule has 1 aliphatic carbocycles. The van der Waals surface area contributed by atoms with Crippen molar-refractivity contribution in [3.8, 4) is 0 Å². The quantitative estimate of drug-likeness (QED) is 0.758. The number of nitrogens with one attached hydrogen (secondary N) is 2. The Morgan fingerprint density at radius 1 is 0.889 bits per heavy atom. The lowest BCUT2D eigenvalue weighted by atomic mass is 9.77. The first-order valence-electron chi connectivity index (χ1n) is 8.16. The van der Waals surface area contributed by atoms with E-state index in [1.165, 1.54) is 77.5 Å². The normalized spacial score (nSPS) is 31.7. The summed E-state index contributed by atoms with van der Waals surface area (Å²) in [6.07, 6.45) is 11.2.